The molecule has 4 N–H and O–H groups in total. The Hall–Kier alpha value is -2.46. The number of benzene rings is 1. The second-order valence-corrected chi connectivity index (χ2v) is 6.90. The summed E-state index contributed by atoms with van der Waals surface area (Å²) in [4.78, 5) is 36.1. The number of carbonyl (C=O) groups is 3. The second-order valence-electron chi connectivity index (χ2n) is 5.34. The van der Waals surface area contributed by atoms with Crippen LogP contribution in [0.25, 0.3) is 0 Å². The molecule has 1 heterocycles. The van der Waals surface area contributed by atoms with Crippen molar-refractivity contribution in [2.24, 2.45) is 5.14 Å². The number of primary sulfonamides is 1. The molecule has 0 saturated carbocycles. The van der Waals surface area contributed by atoms with Gasteiger partial charge in [0.2, 0.25) is 15.9 Å². The number of amides is 2. The first-order valence-electron chi connectivity index (χ1n) is 7.13. The molecular weight excluding hydrogens is 338 g/mol. The van der Waals surface area contributed by atoms with Gasteiger partial charge in [0, 0.05) is 12.1 Å². The number of nitrogens with two attached hydrogens (primary N) is 1. The highest BCUT2D eigenvalue weighted by molar-refractivity contribution is 7.89. The number of hydrogen-bond acceptors (Lipinski definition) is 5. The number of likely N-dealkylation sites (tertiary alicyclic amines) is 1. The third-order valence-corrected chi connectivity index (χ3v) is 4.63. The van der Waals surface area contributed by atoms with Crippen molar-refractivity contribution in [2.75, 3.05) is 13.1 Å². The van der Waals surface area contributed by atoms with E-state index < -0.39 is 33.8 Å². The molecule has 1 aliphatic rings. The van der Waals surface area contributed by atoms with E-state index in [0.29, 0.717) is 19.4 Å². The number of carboxylic acids is 1. The van der Waals surface area contributed by atoms with E-state index in [1.165, 1.54) is 29.2 Å². The van der Waals surface area contributed by atoms with Crippen molar-refractivity contribution < 1.29 is 27.9 Å². The summed E-state index contributed by atoms with van der Waals surface area (Å²) in [5.41, 5.74) is 0.159. The van der Waals surface area contributed by atoms with E-state index >= 15 is 0 Å². The molecule has 1 saturated heterocycles. The van der Waals surface area contributed by atoms with Gasteiger partial charge in [-0.1, -0.05) is 0 Å². The van der Waals surface area contributed by atoms with Crippen molar-refractivity contribution in [3.05, 3.63) is 29.8 Å². The molecule has 1 aromatic rings. The predicted octanol–water partition coefficient (Wildman–Crippen LogP) is -0.861. The SMILES string of the molecule is NS(=O)(=O)c1ccc(C(=O)NCC(=O)N2CCCC2C(=O)O)cc1. The molecule has 1 atom stereocenters. The van der Waals surface area contributed by atoms with Gasteiger partial charge in [-0.2, -0.15) is 0 Å². The zero-order chi connectivity index (χ0) is 17.9. The Kier molecular flexibility index (Phi) is 5.20. The molecule has 0 radical (unpaired) electrons. The Morgan fingerprint density at radius 2 is 1.88 bits per heavy atom. The molecule has 1 unspecified atom stereocenters. The van der Waals surface area contributed by atoms with Gasteiger partial charge in [-0.15, -0.1) is 0 Å². The number of nitrogens with one attached hydrogen (secondary N) is 1. The molecule has 9 nitrogen and oxygen atoms in total. The lowest BCUT2D eigenvalue weighted by Gasteiger charge is -2.21. The first-order valence-corrected chi connectivity index (χ1v) is 8.68. The van der Waals surface area contributed by atoms with Crippen LogP contribution in [-0.4, -0.2) is 55.3 Å². The van der Waals surface area contributed by atoms with Crippen LogP contribution in [0.4, 0.5) is 0 Å². The van der Waals surface area contributed by atoms with Crippen molar-refractivity contribution in [2.45, 2.75) is 23.8 Å². The molecule has 1 fully saturated rings. The van der Waals surface area contributed by atoms with Crippen LogP contribution in [0.1, 0.15) is 23.2 Å². The van der Waals surface area contributed by atoms with Crippen LogP contribution < -0.4 is 10.5 Å². The summed E-state index contributed by atoms with van der Waals surface area (Å²) in [6.07, 6.45) is 0.996. The van der Waals surface area contributed by atoms with Gasteiger partial charge in [0.1, 0.15) is 6.04 Å². The predicted molar refractivity (Wildman–Crippen MR) is 82.5 cm³/mol. The maximum Gasteiger partial charge on any atom is 0.326 e. The number of hydrogen-bond donors (Lipinski definition) is 3. The average molecular weight is 355 g/mol. The Bertz CT molecular complexity index is 759. The highest BCUT2D eigenvalue weighted by atomic mass is 32.2. The fourth-order valence-electron chi connectivity index (χ4n) is 2.48. The third-order valence-electron chi connectivity index (χ3n) is 3.70. The fraction of sp³-hybridized carbons (Fsp3) is 0.357. The third kappa shape index (κ3) is 4.09. The van der Waals surface area contributed by atoms with E-state index in [2.05, 4.69) is 5.32 Å². The largest absolute Gasteiger partial charge is 0.480 e. The summed E-state index contributed by atoms with van der Waals surface area (Å²) in [5.74, 6) is -2.12. The van der Waals surface area contributed by atoms with E-state index in [-0.39, 0.29) is 17.0 Å². The summed E-state index contributed by atoms with van der Waals surface area (Å²) in [7, 11) is -3.84. The van der Waals surface area contributed by atoms with E-state index in [1.54, 1.807) is 0 Å². The Morgan fingerprint density at radius 3 is 2.42 bits per heavy atom. The van der Waals surface area contributed by atoms with Crippen LogP contribution >= 0.6 is 0 Å². The summed E-state index contributed by atoms with van der Waals surface area (Å²) in [6.45, 7) is 0.00821. The maximum atomic E-state index is 12.0. The van der Waals surface area contributed by atoms with Gasteiger partial charge in [-0.25, -0.2) is 18.4 Å². The molecule has 0 bridgehead atoms. The first kappa shape index (κ1) is 17.9. The van der Waals surface area contributed by atoms with Crippen molar-refractivity contribution >= 4 is 27.8 Å². The van der Waals surface area contributed by atoms with Gasteiger partial charge in [-0.3, -0.25) is 9.59 Å². The average Bonchev–Trinajstić information content (AvgIpc) is 3.01. The number of sulfonamides is 1. The highest BCUT2D eigenvalue weighted by Gasteiger charge is 2.33. The topological polar surface area (TPSA) is 147 Å². The maximum absolute atomic E-state index is 12.0. The number of carbonyl (C=O) groups excluding carboxylic acids is 2. The standard InChI is InChI=1S/C14H17N3O6S/c15-24(22,23)10-5-3-9(4-6-10)13(19)16-8-12(18)17-7-1-2-11(17)14(20)21/h3-6,11H,1-2,7-8H2,(H,16,19)(H,20,21)(H2,15,22,23). The van der Waals surface area contributed by atoms with Crippen LogP contribution in [0.5, 0.6) is 0 Å². The van der Waals surface area contributed by atoms with Crippen molar-refractivity contribution in [1.29, 1.82) is 0 Å². The van der Waals surface area contributed by atoms with Gasteiger partial charge in [-0.05, 0) is 37.1 Å². The lowest BCUT2D eigenvalue weighted by molar-refractivity contribution is -0.147. The monoisotopic (exact) mass is 355 g/mol. The Morgan fingerprint density at radius 1 is 1.25 bits per heavy atom. The number of rotatable bonds is 5. The van der Waals surface area contributed by atoms with E-state index in [4.69, 9.17) is 10.2 Å². The molecule has 0 spiro atoms. The highest BCUT2D eigenvalue weighted by Crippen LogP contribution is 2.17. The van der Waals surface area contributed by atoms with Crippen LogP contribution in [0.15, 0.2) is 29.2 Å². The molecule has 0 aliphatic carbocycles. The van der Waals surface area contributed by atoms with Crippen LogP contribution in [-0.2, 0) is 19.6 Å². The zero-order valence-electron chi connectivity index (χ0n) is 12.6. The summed E-state index contributed by atoms with van der Waals surface area (Å²) >= 11 is 0. The number of aliphatic carboxylic acids is 1. The van der Waals surface area contributed by atoms with Crippen molar-refractivity contribution in [3.8, 4) is 0 Å². The number of nitrogens with zero attached hydrogens (tertiary/aromatic N) is 1. The fourth-order valence-corrected chi connectivity index (χ4v) is 2.99. The zero-order valence-corrected chi connectivity index (χ0v) is 13.5. The molecule has 1 aliphatic heterocycles. The van der Waals surface area contributed by atoms with Crippen LogP contribution in [0.3, 0.4) is 0 Å². The molecule has 2 rings (SSSR count). The van der Waals surface area contributed by atoms with E-state index in [9.17, 15) is 22.8 Å². The molecule has 10 heteroatoms. The minimum atomic E-state index is -3.84. The van der Waals surface area contributed by atoms with Crippen LogP contribution in [0.2, 0.25) is 0 Å². The van der Waals surface area contributed by atoms with Gasteiger partial charge in [0.15, 0.2) is 0 Å². The normalized spacial score (nSPS) is 17.5. The second kappa shape index (κ2) is 6.97. The molecule has 1 aromatic carbocycles. The summed E-state index contributed by atoms with van der Waals surface area (Å²) in [6, 6.07) is 4.06. The minimum absolute atomic E-state index is 0.128. The van der Waals surface area contributed by atoms with E-state index in [0.717, 1.165) is 0 Å². The Balaban J connectivity index is 1.95. The lowest BCUT2D eigenvalue weighted by atomic mass is 10.2. The quantitative estimate of drug-likeness (QED) is 0.626. The molecule has 2 amide bonds. The van der Waals surface area contributed by atoms with Gasteiger partial charge in [0.05, 0.1) is 11.4 Å². The summed E-state index contributed by atoms with van der Waals surface area (Å²) < 4.78 is 22.3. The molecule has 0 aromatic heterocycles. The molecule has 24 heavy (non-hydrogen) atoms. The van der Waals surface area contributed by atoms with Crippen LogP contribution in [0, 0.1) is 0 Å². The molecule has 130 valence electrons. The lowest BCUT2D eigenvalue weighted by Crippen LogP contribution is -2.45. The molecular formula is C14H17N3O6S. The first-order chi connectivity index (χ1) is 11.2. The van der Waals surface area contributed by atoms with Crippen molar-refractivity contribution in [1.82, 2.24) is 10.2 Å². The number of carboxylic acid groups (broad SMARTS) is 1. The Labute approximate surface area is 138 Å². The van der Waals surface area contributed by atoms with Crippen molar-refractivity contribution in [3.63, 3.8) is 0 Å². The minimum Gasteiger partial charge on any atom is -0.480 e. The van der Waals surface area contributed by atoms with Gasteiger partial charge < -0.3 is 15.3 Å². The smallest absolute Gasteiger partial charge is 0.326 e. The summed E-state index contributed by atoms with van der Waals surface area (Å²) in [5, 5.41) is 16.4. The van der Waals surface area contributed by atoms with Gasteiger partial charge in [0.25, 0.3) is 5.91 Å². The van der Waals surface area contributed by atoms with Gasteiger partial charge >= 0.3 is 5.97 Å². The van der Waals surface area contributed by atoms with E-state index in [1.807, 2.05) is 0 Å².